The maximum absolute atomic E-state index is 10.7. The standard InChI is InChI=1S/C7H13NO/c1-2-6-3-4-7(9)5-8-6/h6,8H,2-5H2,1H3. The summed E-state index contributed by atoms with van der Waals surface area (Å²) in [7, 11) is 0. The van der Waals surface area contributed by atoms with Gasteiger partial charge in [-0.2, -0.15) is 0 Å². The summed E-state index contributed by atoms with van der Waals surface area (Å²) in [6.45, 7) is 2.74. The molecule has 1 aliphatic rings. The van der Waals surface area contributed by atoms with Crippen molar-refractivity contribution >= 4 is 5.78 Å². The Morgan fingerprint density at radius 1 is 1.78 bits per heavy atom. The highest BCUT2D eigenvalue weighted by atomic mass is 16.1. The summed E-state index contributed by atoms with van der Waals surface area (Å²) < 4.78 is 0. The topological polar surface area (TPSA) is 29.1 Å². The highest BCUT2D eigenvalue weighted by molar-refractivity contribution is 5.81. The van der Waals surface area contributed by atoms with E-state index in [0.29, 0.717) is 18.4 Å². The normalized spacial score (nSPS) is 28.6. The van der Waals surface area contributed by atoms with Crippen LogP contribution in [0.25, 0.3) is 0 Å². The van der Waals surface area contributed by atoms with Crippen LogP contribution >= 0.6 is 0 Å². The average Bonchev–Trinajstić information content (AvgIpc) is 1.90. The second-order valence-corrected chi connectivity index (χ2v) is 2.56. The quantitative estimate of drug-likeness (QED) is 0.562. The minimum absolute atomic E-state index is 0.361. The van der Waals surface area contributed by atoms with E-state index in [-0.39, 0.29) is 0 Å². The van der Waals surface area contributed by atoms with Gasteiger partial charge in [0.05, 0.1) is 6.54 Å². The number of carbonyl (C=O) groups excluding carboxylic acids is 1. The molecule has 0 aromatic rings. The zero-order chi connectivity index (χ0) is 6.69. The minimum Gasteiger partial charge on any atom is -0.307 e. The second kappa shape index (κ2) is 2.97. The zero-order valence-corrected chi connectivity index (χ0v) is 5.81. The Morgan fingerprint density at radius 3 is 3.00 bits per heavy atom. The molecule has 0 aromatic heterocycles. The molecule has 1 heterocycles. The molecule has 1 atom stereocenters. The predicted molar refractivity (Wildman–Crippen MR) is 36.3 cm³/mol. The molecule has 0 aliphatic carbocycles. The lowest BCUT2D eigenvalue weighted by Gasteiger charge is -2.20. The largest absolute Gasteiger partial charge is 0.307 e. The van der Waals surface area contributed by atoms with Crippen molar-refractivity contribution < 1.29 is 4.79 Å². The number of piperidine rings is 1. The number of Topliss-reactive ketones (excluding diaryl/α,β-unsaturated/α-hetero) is 1. The van der Waals surface area contributed by atoms with Gasteiger partial charge in [0.2, 0.25) is 0 Å². The molecule has 0 amide bonds. The number of carbonyl (C=O) groups is 1. The lowest BCUT2D eigenvalue weighted by Crippen LogP contribution is -2.38. The van der Waals surface area contributed by atoms with Crippen molar-refractivity contribution in [1.29, 1.82) is 0 Å². The molecule has 2 heteroatoms. The molecular weight excluding hydrogens is 114 g/mol. The lowest BCUT2D eigenvalue weighted by atomic mass is 10.0. The molecule has 0 bridgehead atoms. The number of hydrogen-bond donors (Lipinski definition) is 1. The van der Waals surface area contributed by atoms with E-state index in [1.54, 1.807) is 0 Å². The van der Waals surface area contributed by atoms with Gasteiger partial charge in [-0.3, -0.25) is 4.79 Å². The summed E-state index contributed by atoms with van der Waals surface area (Å²) in [5, 5.41) is 3.17. The van der Waals surface area contributed by atoms with Gasteiger partial charge in [0, 0.05) is 12.5 Å². The molecule has 0 spiro atoms. The van der Waals surface area contributed by atoms with E-state index >= 15 is 0 Å². The number of rotatable bonds is 1. The van der Waals surface area contributed by atoms with E-state index in [1.165, 1.54) is 0 Å². The molecular formula is C7H13NO. The Balaban J connectivity index is 2.26. The highest BCUT2D eigenvalue weighted by Crippen LogP contribution is 2.06. The molecule has 0 saturated carbocycles. The summed E-state index contributed by atoms with van der Waals surface area (Å²) >= 11 is 0. The maximum Gasteiger partial charge on any atom is 0.146 e. The van der Waals surface area contributed by atoms with Crippen molar-refractivity contribution in [3.05, 3.63) is 0 Å². The van der Waals surface area contributed by atoms with E-state index in [1.807, 2.05) is 0 Å². The number of hydrogen-bond acceptors (Lipinski definition) is 2. The minimum atomic E-state index is 0.361. The summed E-state index contributed by atoms with van der Waals surface area (Å²) in [4.78, 5) is 10.7. The Labute approximate surface area is 55.6 Å². The lowest BCUT2D eigenvalue weighted by molar-refractivity contribution is -0.119. The van der Waals surface area contributed by atoms with Gasteiger partial charge in [0.1, 0.15) is 5.78 Å². The van der Waals surface area contributed by atoms with Crippen molar-refractivity contribution in [3.63, 3.8) is 0 Å². The number of nitrogens with one attached hydrogen (secondary N) is 1. The molecule has 1 fully saturated rings. The first-order valence-electron chi connectivity index (χ1n) is 3.58. The van der Waals surface area contributed by atoms with Crippen LogP contribution in [-0.4, -0.2) is 18.4 Å². The molecule has 1 saturated heterocycles. The molecule has 1 N–H and O–H groups in total. The van der Waals surface area contributed by atoms with Gasteiger partial charge in [-0.25, -0.2) is 0 Å². The van der Waals surface area contributed by atoms with E-state index in [9.17, 15) is 4.79 Å². The van der Waals surface area contributed by atoms with E-state index in [0.717, 1.165) is 19.3 Å². The van der Waals surface area contributed by atoms with Crippen LogP contribution in [0.4, 0.5) is 0 Å². The first kappa shape index (κ1) is 6.75. The maximum atomic E-state index is 10.7. The molecule has 1 rings (SSSR count). The van der Waals surface area contributed by atoms with Crippen molar-refractivity contribution in [2.75, 3.05) is 6.54 Å². The van der Waals surface area contributed by atoms with Crippen LogP contribution < -0.4 is 5.32 Å². The van der Waals surface area contributed by atoms with Crippen LogP contribution in [0.2, 0.25) is 0 Å². The molecule has 9 heavy (non-hydrogen) atoms. The van der Waals surface area contributed by atoms with E-state index in [2.05, 4.69) is 12.2 Å². The Bertz CT molecular complexity index is 101. The Morgan fingerprint density at radius 2 is 2.56 bits per heavy atom. The highest BCUT2D eigenvalue weighted by Gasteiger charge is 2.14. The third-order valence-corrected chi connectivity index (χ3v) is 1.85. The molecule has 0 radical (unpaired) electrons. The van der Waals surface area contributed by atoms with Crippen LogP contribution in [0, 0.1) is 0 Å². The summed E-state index contributed by atoms with van der Waals surface area (Å²) in [6, 6.07) is 0.600. The Kier molecular flexibility index (Phi) is 2.22. The third kappa shape index (κ3) is 1.79. The molecule has 1 aliphatic heterocycles. The van der Waals surface area contributed by atoms with Crippen LogP contribution in [0.1, 0.15) is 26.2 Å². The van der Waals surface area contributed by atoms with Crippen molar-refractivity contribution in [2.24, 2.45) is 0 Å². The third-order valence-electron chi connectivity index (χ3n) is 1.85. The van der Waals surface area contributed by atoms with Crippen LogP contribution in [0.3, 0.4) is 0 Å². The van der Waals surface area contributed by atoms with Crippen molar-refractivity contribution in [1.82, 2.24) is 5.32 Å². The van der Waals surface area contributed by atoms with Crippen LogP contribution in [-0.2, 0) is 4.79 Å². The first-order valence-corrected chi connectivity index (χ1v) is 3.58. The fourth-order valence-electron chi connectivity index (χ4n) is 1.13. The average molecular weight is 127 g/mol. The SMILES string of the molecule is CCC1CCC(=O)CN1. The molecule has 0 aromatic carbocycles. The molecule has 2 nitrogen and oxygen atoms in total. The first-order chi connectivity index (χ1) is 4.33. The molecule has 52 valence electrons. The van der Waals surface area contributed by atoms with Gasteiger partial charge < -0.3 is 5.32 Å². The monoisotopic (exact) mass is 127 g/mol. The fourth-order valence-corrected chi connectivity index (χ4v) is 1.13. The molecule has 1 unspecified atom stereocenters. The van der Waals surface area contributed by atoms with Crippen molar-refractivity contribution in [2.45, 2.75) is 32.2 Å². The summed E-state index contributed by atoms with van der Waals surface area (Å²) in [5.74, 6) is 0.361. The van der Waals surface area contributed by atoms with Gasteiger partial charge in [0.25, 0.3) is 0 Å². The van der Waals surface area contributed by atoms with Crippen LogP contribution in [0.15, 0.2) is 0 Å². The van der Waals surface area contributed by atoms with Gasteiger partial charge in [-0.15, -0.1) is 0 Å². The Hall–Kier alpha value is -0.370. The van der Waals surface area contributed by atoms with E-state index in [4.69, 9.17) is 0 Å². The van der Waals surface area contributed by atoms with Crippen molar-refractivity contribution in [3.8, 4) is 0 Å². The fraction of sp³-hybridized carbons (Fsp3) is 0.857. The van der Waals surface area contributed by atoms with Gasteiger partial charge in [0.15, 0.2) is 0 Å². The van der Waals surface area contributed by atoms with Gasteiger partial charge >= 0.3 is 0 Å². The van der Waals surface area contributed by atoms with Crippen LogP contribution in [0.5, 0.6) is 0 Å². The second-order valence-electron chi connectivity index (χ2n) is 2.56. The zero-order valence-electron chi connectivity index (χ0n) is 5.81. The smallest absolute Gasteiger partial charge is 0.146 e. The predicted octanol–water partition coefficient (Wildman–Crippen LogP) is 0.718. The summed E-state index contributed by atoms with van der Waals surface area (Å²) in [5.41, 5.74) is 0. The number of ketones is 1. The van der Waals surface area contributed by atoms with E-state index < -0.39 is 0 Å². The van der Waals surface area contributed by atoms with Gasteiger partial charge in [-0.05, 0) is 12.8 Å². The van der Waals surface area contributed by atoms with Gasteiger partial charge in [-0.1, -0.05) is 6.92 Å². The summed E-state index contributed by atoms with van der Waals surface area (Å²) in [6.07, 6.45) is 2.97.